The number of H-pyrrole nitrogens is 1. The minimum atomic E-state index is 0.0330. The van der Waals surface area contributed by atoms with Gasteiger partial charge in [0.05, 0.1) is 7.57 Å². The molecular formula is C14H9Br2NOS. The fourth-order valence-electron chi connectivity index (χ4n) is 2.06. The number of rotatable bonds is 2. The fourth-order valence-corrected chi connectivity index (χ4v) is 4.86. The Morgan fingerprint density at radius 2 is 2.00 bits per heavy atom. The molecule has 1 N–H and O–H groups in total. The van der Waals surface area contributed by atoms with Gasteiger partial charge in [-0.2, -0.15) is 0 Å². The molecule has 5 heteroatoms. The molecule has 0 saturated carbocycles. The van der Waals surface area contributed by atoms with Crippen molar-refractivity contribution in [3.05, 3.63) is 54.7 Å². The predicted octanol–water partition coefficient (Wildman–Crippen LogP) is 5.29. The Kier molecular flexibility index (Phi) is 3.37. The van der Waals surface area contributed by atoms with Crippen LogP contribution in [0.15, 0.2) is 38.0 Å². The molecule has 2 aromatic heterocycles. The summed E-state index contributed by atoms with van der Waals surface area (Å²) in [6.07, 6.45) is 1.78. The number of hydrogen-bond donors (Lipinski definition) is 1. The molecule has 0 bridgehead atoms. The third-order valence-corrected chi connectivity index (χ3v) is 5.32. The topological polar surface area (TPSA) is 32.9 Å². The molecule has 0 unspecified atom stereocenters. The number of nitrogens with one attached hydrogen (secondary N) is 1. The minimum Gasteiger partial charge on any atom is -0.360 e. The van der Waals surface area contributed by atoms with Crippen LogP contribution in [0.2, 0.25) is 0 Å². The first-order chi connectivity index (χ1) is 9.06. The highest BCUT2D eigenvalue weighted by Gasteiger charge is 2.18. The van der Waals surface area contributed by atoms with Crippen molar-refractivity contribution < 1.29 is 4.79 Å². The molecular weight excluding hydrogens is 390 g/mol. The second kappa shape index (κ2) is 4.89. The van der Waals surface area contributed by atoms with E-state index < -0.39 is 0 Å². The predicted molar refractivity (Wildman–Crippen MR) is 86.2 cm³/mol. The summed E-state index contributed by atoms with van der Waals surface area (Å²) in [4.78, 5) is 15.8. The zero-order valence-corrected chi connectivity index (χ0v) is 13.9. The average Bonchev–Trinajstić information content (AvgIpc) is 2.91. The van der Waals surface area contributed by atoms with Crippen molar-refractivity contribution in [1.82, 2.24) is 4.98 Å². The van der Waals surface area contributed by atoms with Crippen LogP contribution in [0.1, 0.15) is 21.5 Å². The molecule has 1 aromatic carbocycles. The number of thiophene rings is 1. The number of hydrogen-bond acceptors (Lipinski definition) is 2. The van der Waals surface area contributed by atoms with E-state index in [0.717, 1.165) is 24.0 Å². The first-order valence-electron chi connectivity index (χ1n) is 5.63. The van der Waals surface area contributed by atoms with Crippen molar-refractivity contribution in [2.75, 3.05) is 0 Å². The molecule has 0 amide bonds. The second-order valence-corrected chi connectivity index (χ2v) is 8.07. The van der Waals surface area contributed by atoms with Crippen molar-refractivity contribution in [2.24, 2.45) is 0 Å². The van der Waals surface area contributed by atoms with Crippen LogP contribution < -0.4 is 0 Å². The maximum absolute atomic E-state index is 12.6. The van der Waals surface area contributed by atoms with E-state index in [2.05, 4.69) is 36.8 Å². The summed E-state index contributed by atoms with van der Waals surface area (Å²) in [6.45, 7) is 2.03. The lowest BCUT2D eigenvalue weighted by molar-refractivity contribution is 0.104. The first kappa shape index (κ1) is 13.1. The number of aromatic nitrogens is 1. The van der Waals surface area contributed by atoms with Gasteiger partial charge in [-0.05, 0) is 57.0 Å². The third-order valence-electron chi connectivity index (χ3n) is 2.98. The summed E-state index contributed by atoms with van der Waals surface area (Å²) < 4.78 is 1.80. The summed E-state index contributed by atoms with van der Waals surface area (Å²) in [5.74, 6) is 0.0330. The molecule has 2 heterocycles. The summed E-state index contributed by atoms with van der Waals surface area (Å²) in [6, 6.07) is 7.92. The van der Waals surface area contributed by atoms with E-state index in [1.165, 1.54) is 11.3 Å². The Morgan fingerprint density at radius 1 is 1.21 bits per heavy atom. The highest BCUT2D eigenvalue weighted by atomic mass is 79.9. The normalized spacial score (nSPS) is 11.1. The van der Waals surface area contributed by atoms with E-state index in [9.17, 15) is 4.79 Å². The van der Waals surface area contributed by atoms with Gasteiger partial charge in [-0.1, -0.05) is 11.6 Å². The highest BCUT2D eigenvalue weighted by Crippen LogP contribution is 2.34. The molecule has 3 rings (SSSR count). The van der Waals surface area contributed by atoms with Gasteiger partial charge < -0.3 is 4.98 Å². The summed E-state index contributed by atoms with van der Waals surface area (Å²) in [7, 11) is 0. The minimum absolute atomic E-state index is 0.0330. The van der Waals surface area contributed by atoms with Crippen LogP contribution >= 0.6 is 43.2 Å². The largest absolute Gasteiger partial charge is 0.360 e. The van der Waals surface area contributed by atoms with Gasteiger partial charge in [-0.3, -0.25) is 4.79 Å². The summed E-state index contributed by atoms with van der Waals surface area (Å²) >= 11 is 8.35. The molecule has 0 aliphatic carbocycles. The Hall–Kier alpha value is -0.910. The van der Waals surface area contributed by atoms with Gasteiger partial charge in [0.25, 0.3) is 0 Å². The van der Waals surface area contributed by atoms with Crippen LogP contribution in [0.3, 0.4) is 0 Å². The van der Waals surface area contributed by atoms with Gasteiger partial charge in [-0.15, -0.1) is 11.3 Å². The van der Waals surface area contributed by atoms with Gasteiger partial charge >= 0.3 is 0 Å². The van der Waals surface area contributed by atoms with E-state index in [1.54, 1.807) is 6.20 Å². The van der Waals surface area contributed by atoms with Gasteiger partial charge in [-0.25, -0.2) is 0 Å². The number of carbonyl (C=O) groups is 1. The number of halogens is 2. The van der Waals surface area contributed by atoms with E-state index in [0.29, 0.717) is 11.1 Å². The molecule has 3 aromatic rings. The number of ketones is 1. The van der Waals surface area contributed by atoms with Crippen LogP contribution in [0, 0.1) is 6.92 Å². The van der Waals surface area contributed by atoms with Gasteiger partial charge in [0.2, 0.25) is 0 Å². The average molecular weight is 399 g/mol. The number of aryl methyl sites for hydroxylation is 1. The summed E-state index contributed by atoms with van der Waals surface area (Å²) in [5.41, 5.74) is 3.54. The molecule has 2 nitrogen and oxygen atoms in total. The maximum atomic E-state index is 12.6. The van der Waals surface area contributed by atoms with Crippen molar-refractivity contribution in [1.29, 1.82) is 0 Å². The quantitative estimate of drug-likeness (QED) is 0.584. The lowest BCUT2D eigenvalue weighted by atomic mass is 10.0. The monoisotopic (exact) mass is 397 g/mol. The molecule has 96 valence electrons. The number of aromatic amines is 1. The van der Waals surface area contributed by atoms with Crippen LogP contribution in [0.4, 0.5) is 0 Å². The van der Waals surface area contributed by atoms with Gasteiger partial charge in [0, 0.05) is 28.2 Å². The maximum Gasteiger partial charge on any atom is 0.197 e. The Bertz CT molecular complexity index is 788. The zero-order valence-electron chi connectivity index (χ0n) is 9.96. The zero-order chi connectivity index (χ0) is 13.6. The SMILES string of the molecule is Cc1ccc2[nH]cc(C(=O)c3cc(Br)sc3Br)c2c1. The molecule has 0 aliphatic heterocycles. The van der Waals surface area contributed by atoms with Crippen molar-refractivity contribution in [3.8, 4) is 0 Å². The van der Waals surface area contributed by atoms with E-state index in [4.69, 9.17) is 0 Å². The molecule has 0 fully saturated rings. The van der Waals surface area contributed by atoms with Crippen LogP contribution in [-0.4, -0.2) is 10.8 Å². The number of carbonyl (C=O) groups excluding carboxylic acids is 1. The van der Waals surface area contributed by atoms with Crippen LogP contribution in [0.25, 0.3) is 10.9 Å². The van der Waals surface area contributed by atoms with Crippen LogP contribution in [-0.2, 0) is 0 Å². The first-order valence-corrected chi connectivity index (χ1v) is 8.04. The Balaban J connectivity index is 2.16. The smallest absolute Gasteiger partial charge is 0.197 e. The second-order valence-electron chi connectivity index (χ2n) is 4.32. The molecule has 0 radical (unpaired) electrons. The van der Waals surface area contributed by atoms with E-state index in [-0.39, 0.29) is 5.78 Å². The third kappa shape index (κ3) is 2.30. The standard InChI is InChI=1S/C14H9Br2NOS/c1-7-2-3-11-8(4-7)10(6-17-11)13(18)9-5-12(15)19-14(9)16/h2-6,17H,1H3. The molecule has 19 heavy (non-hydrogen) atoms. The van der Waals surface area contributed by atoms with Crippen molar-refractivity contribution in [2.45, 2.75) is 6.92 Å². The Labute approximate surface area is 131 Å². The lowest BCUT2D eigenvalue weighted by Crippen LogP contribution is -1.99. The van der Waals surface area contributed by atoms with Crippen molar-refractivity contribution in [3.63, 3.8) is 0 Å². The Morgan fingerprint density at radius 3 is 2.68 bits per heavy atom. The number of fused-ring (bicyclic) bond motifs is 1. The molecule has 0 atom stereocenters. The fraction of sp³-hybridized carbons (Fsp3) is 0.0714. The summed E-state index contributed by atoms with van der Waals surface area (Å²) in [5, 5.41) is 0.972. The van der Waals surface area contributed by atoms with Crippen molar-refractivity contribution >= 4 is 59.9 Å². The highest BCUT2D eigenvalue weighted by molar-refractivity contribution is 9.12. The van der Waals surface area contributed by atoms with E-state index in [1.807, 2.05) is 31.2 Å². The van der Waals surface area contributed by atoms with Gasteiger partial charge in [0.15, 0.2) is 5.78 Å². The molecule has 0 saturated heterocycles. The molecule has 0 spiro atoms. The van der Waals surface area contributed by atoms with E-state index >= 15 is 0 Å². The van der Waals surface area contributed by atoms with Crippen LogP contribution in [0.5, 0.6) is 0 Å². The molecule has 0 aliphatic rings. The lowest BCUT2D eigenvalue weighted by Gasteiger charge is -1.99. The van der Waals surface area contributed by atoms with Gasteiger partial charge in [0.1, 0.15) is 0 Å². The number of benzene rings is 1.